The molecule has 1 aromatic heterocycles. The van der Waals surface area contributed by atoms with Crippen molar-refractivity contribution in [3.8, 4) is 11.4 Å². The molecule has 2 aromatic rings. The zero-order chi connectivity index (χ0) is 12.1. The lowest BCUT2D eigenvalue weighted by atomic mass is 10.3. The molecular weight excluding hydrogens is 218 g/mol. The van der Waals surface area contributed by atoms with E-state index < -0.39 is 0 Å². The zero-order valence-corrected chi connectivity index (χ0v) is 9.72. The molecule has 0 bridgehead atoms. The molecule has 0 radical (unpaired) electrons. The van der Waals surface area contributed by atoms with Crippen LogP contribution in [0, 0.1) is 0 Å². The van der Waals surface area contributed by atoms with Crippen LogP contribution in [0.15, 0.2) is 35.4 Å². The van der Waals surface area contributed by atoms with E-state index in [1.54, 1.807) is 0 Å². The summed E-state index contributed by atoms with van der Waals surface area (Å²) in [7, 11) is 0. The Balaban J connectivity index is 2.08. The number of benzene rings is 1. The van der Waals surface area contributed by atoms with Gasteiger partial charge in [0.05, 0.1) is 12.3 Å². The molecule has 0 aliphatic rings. The van der Waals surface area contributed by atoms with Crippen LogP contribution >= 0.6 is 0 Å². The summed E-state index contributed by atoms with van der Waals surface area (Å²) in [5.41, 5.74) is 0.524. The average molecular weight is 233 g/mol. The monoisotopic (exact) mass is 233 g/mol. The van der Waals surface area contributed by atoms with Gasteiger partial charge in [0.25, 0.3) is 0 Å². The third-order valence-corrected chi connectivity index (χ3v) is 2.43. The molecule has 0 saturated carbocycles. The van der Waals surface area contributed by atoms with Gasteiger partial charge in [0, 0.05) is 0 Å². The Hall–Kier alpha value is -2.04. The lowest BCUT2D eigenvalue weighted by Crippen LogP contribution is -2.13. The summed E-state index contributed by atoms with van der Waals surface area (Å²) in [6, 6.07) is 7.37. The van der Waals surface area contributed by atoms with Crippen LogP contribution in [0.3, 0.4) is 0 Å². The molecule has 0 aliphatic carbocycles. The fourth-order valence-corrected chi connectivity index (χ4v) is 1.47. The highest BCUT2D eigenvalue weighted by molar-refractivity contribution is 5.36. The summed E-state index contributed by atoms with van der Waals surface area (Å²) in [6.07, 6.45) is 3.61. The zero-order valence-electron chi connectivity index (χ0n) is 9.72. The van der Waals surface area contributed by atoms with Crippen molar-refractivity contribution in [3.63, 3.8) is 0 Å². The minimum absolute atomic E-state index is 0.246. The van der Waals surface area contributed by atoms with Gasteiger partial charge in [-0.05, 0) is 30.7 Å². The molecule has 0 saturated heterocycles. The number of hydrogen-bond donors (Lipinski definition) is 1. The molecule has 2 rings (SSSR count). The van der Waals surface area contributed by atoms with Gasteiger partial charge in [-0.2, -0.15) is 5.10 Å². The van der Waals surface area contributed by atoms with Gasteiger partial charge in [-0.25, -0.2) is 14.5 Å². The molecule has 90 valence electrons. The van der Waals surface area contributed by atoms with E-state index in [4.69, 9.17) is 4.74 Å². The topological polar surface area (TPSA) is 59.9 Å². The highest BCUT2D eigenvalue weighted by atomic mass is 16.5. The lowest BCUT2D eigenvalue weighted by molar-refractivity contribution is 0.309. The van der Waals surface area contributed by atoms with Gasteiger partial charge in [0.1, 0.15) is 12.1 Å². The number of hydrogen-bond acceptors (Lipinski definition) is 3. The van der Waals surface area contributed by atoms with Crippen LogP contribution in [0.5, 0.6) is 5.75 Å². The number of aromatic amines is 1. The summed E-state index contributed by atoms with van der Waals surface area (Å²) in [5.74, 6) is 0.818. The van der Waals surface area contributed by atoms with Crippen LogP contribution in [0.4, 0.5) is 0 Å². The minimum atomic E-state index is -0.246. The number of unbranched alkanes of at least 4 members (excludes halogenated alkanes) is 1. The molecule has 0 spiro atoms. The predicted octanol–water partition coefficient (Wildman–Crippen LogP) is 1.74. The largest absolute Gasteiger partial charge is 0.494 e. The Bertz CT molecular complexity index is 513. The van der Waals surface area contributed by atoms with Crippen molar-refractivity contribution in [2.45, 2.75) is 19.8 Å². The molecular formula is C12H15N3O2. The van der Waals surface area contributed by atoms with E-state index in [0.717, 1.165) is 30.9 Å². The first-order valence-electron chi connectivity index (χ1n) is 5.66. The molecule has 0 atom stereocenters. The fraction of sp³-hybridized carbons (Fsp3) is 0.333. The number of nitrogens with one attached hydrogen (secondary N) is 1. The van der Waals surface area contributed by atoms with Gasteiger partial charge in [-0.1, -0.05) is 13.3 Å². The third-order valence-electron chi connectivity index (χ3n) is 2.43. The summed E-state index contributed by atoms with van der Waals surface area (Å²) in [6.45, 7) is 2.85. The average Bonchev–Trinajstić information content (AvgIpc) is 2.77. The van der Waals surface area contributed by atoms with E-state index in [9.17, 15) is 4.79 Å². The van der Waals surface area contributed by atoms with E-state index in [0.29, 0.717) is 0 Å². The van der Waals surface area contributed by atoms with Crippen LogP contribution in [0.2, 0.25) is 0 Å². The first-order valence-corrected chi connectivity index (χ1v) is 5.66. The SMILES string of the molecule is CCCCOc1ccc(-n2cn[nH]c2=O)cc1. The summed E-state index contributed by atoms with van der Waals surface area (Å²) >= 11 is 0. The van der Waals surface area contributed by atoms with Gasteiger partial charge in [0.15, 0.2) is 0 Å². The first-order chi connectivity index (χ1) is 8.31. The normalized spacial score (nSPS) is 10.4. The van der Waals surface area contributed by atoms with Crippen molar-refractivity contribution in [3.05, 3.63) is 41.1 Å². The molecule has 1 aromatic carbocycles. The maximum Gasteiger partial charge on any atom is 0.347 e. The number of H-pyrrole nitrogens is 1. The molecule has 5 nitrogen and oxygen atoms in total. The van der Waals surface area contributed by atoms with Gasteiger partial charge < -0.3 is 4.74 Å². The number of nitrogens with zero attached hydrogens (tertiary/aromatic N) is 2. The molecule has 1 heterocycles. The van der Waals surface area contributed by atoms with Crippen LogP contribution < -0.4 is 10.4 Å². The van der Waals surface area contributed by atoms with Crippen LogP contribution in [-0.4, -0.2) is 21.4 Å². The molecule has 0 fully saturated rings. The van der Waals surface area contributed by atoms with Crippen molar-refractivity contribution in [1.82, 2.24) is 14.8 Å². The Morgan fingerprint density at radius 2 is 2.12 bits per heavy atom. The van der Waals surface area contributed by atoms with E-state index in [2.05, 4.69) is 17.1 Å². The van der Waals surface area contributed by atoms with Gasteiger partial charge >= 0.3 is 5.69 Å². The van der Waals surface area contributed by atoms with Crippen LogP contribution in [0.1, 0.15) is 19.8 Å². The van der Waals surface area contributed by atoms with E-state index in [-0.39, 0.29) is 5.69 Å². The molecule has 17 heavy (non-hydrogen) atoms. The second-order valence-corrected chi connectivity index (χ2v) is 3.73. The minimum Gasteiger partial charge on any atom is -0.494 e. The van der Waals surface area contributed by atoms with E-state index >= 15 is 0 Å². The van der Waals surface area contributed by atoms with Crippen molar-refractivity contribution >= 4 is 0 Å². The Labute approximate surface area is 99.1 Å². The molecule has 5 heteroatoms. The fourth-order valence-electron chi connectivity index (χ4n) is 1.47. The number of rotatable bonds is 5. The maximum atomic E-state index is 11.3. The van der Waals surface area contributed by atoms with E-state index in [1.807, 2.05) is 24.3 Å². The summed E-state index contributed by atoms with van der Waals surface area (Å²) in [5, 5.41) is 6.03. The van der Waals surface area contributed by atoms with Crippen molar-refractivity contribution in [2.75, 3.05) is 6.61 Å². The molecule has 1 N–H and O–H groups in total. The van der Waals surface area contributed by atoms with Crippen molar-refractivity contribution in [2.24, 2.45) is 0 Å². The lowest BCUT2D eigenvalue weighted by Gasteiger charge is -2.06. The van der Waals surface area contributed by atoms with Crippen molar-refractivity contribution in [1.29, 1.82) is 0 Å². The molecule has 0 aliphatic heterocycles. The van der Waals surface area contributed by atoms with Crippen LogP contribution in [-0.2, 0) is 0 Å². The molecule has 0 unspecified atom stereocenters. The maximum absolute atomic E-state index is 11.3. The van der Waals surface area contributed by atoms with Crippen molar-refractivity contribution < 1.29 is 4.74 Å². The second kappa shape index (κ2) is 5.34. The standard InChI is InChI=1S/C12H15N3O2/c1-2-3-8-17-11-6-4-10(5-7-11)15-9-13-14-12(15)16/h4-7,9H,2-3,8H2,1H3,(H,14,16). The summed E-state index contributed by atoms with van der Waals surface area (Å²) in [4.78, 5) is 11.3. The number of ether oxygens (including phenoxy) is 1. The first kappa shape index (κ1) is 11.4. The highest BCUT2D eigenvalue weighted by Gasteiger charge is 2.00. The Morgan fingerprint density at radius 1 is 1.35 bits per heavy atom. The Kier molecular flexibility index (Phi) is 3.59. The van der Waals surface area contributed by atoms with Crippen LogP contribution in [0.25, 0.3) is 5.69 Å². The Morgan fingerprint density at radius 3 is 2.71 bits per heavy atom. The molecule has 0 amide bonds. The second-order valence-electron chi connectivity index (χ2n) is 3.73. The summed E-state index contributed by atoms with van der Waals surface area (Å²) < 4.78 is 6.98. The van der Waals surface area contributed by atoms with E-state index in [1.165, 1.54) is 10.9 Å². The van der Waals surface area contributed by atoms with Gasteiger partial charge in [-0.3, -0.25) is 0 Å². The number of aromatic nitrogens is 3. The predicted molar refractivity (Wildman–Crippen MR) is 64.6 cm³/mol. The van der Waals surface area contributed by atoms with Gasteiger partial charge in [-0.15, -0.1) is 0 Å². The van der Waals surface area contributed by atoms with Gasteiger partial charge in [0.2, 0.25) is 0 Å². The third kappa shape index (κ3) is 2.75. The highest BCUT2D eigenvalue weighted by Crippen LogP contribution is 2.14. The quantitative estimate of drug-likeness (QED) is 0.800. The smallest absolute Gasteiger partial charge is 0.347 e.